The first-order chi connectivity index (χ1) is 12.2. The lowest BCUT2D eigenvalue weighted by Gasteiger charge is -2.38. The minimum atomic E-state index is 0.313. The highest BCUT2D eigenvalue weighted by Gasteiger charge is 2.26. The molecule has 5 nitrogen and oxygen atoms in total. The molecule has 1 aromatic carbocycles. The Balaban J connectivity index is 1.44. The number of hydrogen-bond acceptors (Lipinski definition) is 4. The number of amides is 1. The van der Waals surface area contributed by atoms with E-state index in [0.717, 1.165) is 57.9 Å². The van der Waals surface area contributed by atoms with Gasteiger partial charge >= 0.3 is 0 Å². The van der Waals surface area contributed by atoms with Gasteiger partial charge in [-0.1, -0.05) is 12.1 Å². The second kappa shape index (κ2) is 8.68. The van der Waals surface area contributed by atoms with E-state index in [-0.39, 0.29) is 0 Å². The topological polar surface area (TPSA) is 36.0 Å². The summed E-state index contributed by atoms with van der Waals surface area (Å²) in [6.45, 7) is 8.62. The molecule has 1 amide bonds. The molecule has 3 rings (SSSR count). The van der Waals surface area contributed by atoms with Gasteiger partial charge < -0.3 is 9.64 Å². The minimum Gasteiger partial charge on any atom is -0.497 e. The molecule has 1 unspecified atom stereocenters. The summed E-state index contributed by atoms with van der Waals surface area (Å²) < 4.78 is 5.30. The van der Waals surface area contributed by atoms with Gasteiger partial charge in [-0.3, -0.25) is 14.6 Å². The molecule has 0 saturated carbocycles. The lowest BCUT2D eigenvalue weighted by molar-refractivity contribution is -0.136. The molecular weight excluding hydrogens is 314 g/mol. The molecule has 2 fully saturated rings. The number of piperidine rings is 1. The van der Waals surface area contributed by atoms with Crippen LogP contribution in [0.3, 0.4) is 0 Å². The molecule has 138 valence electrons. The zero-order valence-electron chi connectivity index (χ0n) is 15.6. The number of likely N-dealkylation sites (tertiary alicyclic amines) is 1. The van der Waals surface area contributed by atoms with E-state index in [4.69, 9.17) is 4.74 Å². The van der Waals surface area contributed by atoms with Crippen LogP contribution in [0, 0.1) is 0 Å². The Labute approximate surface area is 151 Å². The summed E-state index contributed by atoms with van der Waals surface area (Å²) in [7, 11) is 1.71. The van der Waals surface area contributed by atoms with Gasteiger partial charge in [-0.25, -0.2) is 0 Å². The number of piperazine rings is 1. The Hall–Kier alpha value is -1.59. The maximum Gasteiger partial charge on any atom is 0.236 e. The van der Waals surface area contributed by atoms with Gasteiger partial charge in [0.25, 0.3) is 0 Å². The number of hydrogen-bond donors (Lipinski definition) is 0. The number of carbonyl (C=O) groups excluding carboxylic acids is 1. The highest BCUT2D eigenvalue weighted by Crippen LogP contribution is 2.18. The van der Waals surface area contributed by atoms with E-state index in [9.17, 15) is 4.79 Å². The molecule has 2 aliphatic heterocycles. The van der Waals surface area contributed by atoms with Crippen molar-refractivity contribution in [2.24, 2.45) is 0 Å². The smallest absolute Gasteiger partial charge is 0.236 e. The molecule has 0 spiro atoms. The molecule has 5 heteroatoms. The van der Waals surface area contributed by atoms with Crippen LogP contribution >= 0.6 is 0 Å². The zero-order chi connectivity index (χ0) is 17.6. The van der Waals surface area contributed by atoms with Gasteiger partial charge in [0.15, 0.2) is 0 Å². The van der Waals surface area contributed by atoms with E-state index in [1.807, 2.05) is 12.1 Å². The van der Waals surface area contributed by atoms with Crippen molar-refractivity contribution in [1.29, 1.82) is 0 Å². The van der Waals surface area contributed by atoms with Crippen LogP contribution in [0.2, 0.25) is 0 Å². The Kier molecular flexibility index (Phi) is 6.32. The van der Waals surface area contributed by atoms with Crippen molar-refractivity contribution >= 4 is 5.91 Å². The lowest BCUT2D eigenvalue weighted by Crippen LogP contribution is -2.51. The molecule has 0 N–H and O–H groups in total. The summed E-state index contributed by atoms with van der Waals surface area (Å²) in [5.41, 5.74) is 1.28. The minimum absolute atomic E-state index is 0.313. The largest absolute Gasteiger partial charge is 0.497 e. The van der Waals surface area contributed by atoms with E-state index >= 15 is 0 Å². The van der Waals surface area contributed by atoms with E-state index in [0.29, 0.717) is 18.5 Å². The summed E-state index contributed by atoms with van der Waals surface area (Å²) in [4.78, 5) is 19.4. The predicted octanol–water partition coefficient (Wildman–Crippen LogP) is 2.21. The fraction of sp³-hybridized carbons (Fsp3) is 0.650. The third kappa shape index (κ3) is 4.95. The van der Waals surface area contributed by atoms with Crippen LogP contribution in [0.4, 0.5) is 0 Å². The standard InChI is InChI=1S/C20H31N3O2/c1-17-6-3-4-9-23(17)20(24)16-22-12-10-21(11-13-22)15-18-7-5-8-19(14-18)25-2/h5,7-8,14,17H,3-4,6,9-13,15-16H2,1-2H3. The highest BCUT2D eigenvalue weighted by molar-refractivity contribution is 5.78. The van der Waals surface area contributed by atoms with Gasteiger partial charge in [0.05, 0.1) is 13.7 Å². The number of nitrogens with zero attached hydrogens (tertiary/aromatic N) is 3. The summed E-state index contributed by atoms with van der Waals surface area (Å²) in [5.74, 6) is 1.23. The second-order valence-electron chi connectivity index (χ2n) is 7.34. The maximum atomic E-state index is 12.6. The molecule has 0 radical (unpaired) electrons. The zero-order valence-corrected chi connectivity index (χ0v) is 15.6. The van der Waals surface area contributed by atoms with Gasteiger partial charge in [-0.15, -0.1) is 0 Å². The number of carbonyl (C=O) groups is 1. The Morgan fingerprint density at radius 3 is 2.60 bits per heavy atom. The van der Waals surface area contributed by atoms with E-state index < -0.39 is 0 Å². The van der Waals surface area contributed by atoms with Crippen LogP contribution in [0.25, 0.3) is 0 Å². The Morgan fingerprint density at radius 2 is 1.88 bits per heavy atom. The molecule has 0 aliphatic carbocycles. The predicted molar refractivity (Wildman–Crippen MR) is 99.7 cm³/mol. The van der Waals surface area contributed by atoms with Crippen LogP contribution in [-0.4, -0.2) is 73.0 Å². The quantitative estimate of drug-likeness (QED) is 0.820. The Bertz CT molecular complexity index is 570. The molecule has 0 aromatic heterocycles. The van der Waals surface area contributed by atoms with Crippen LogP contribution in [0.15, 0.2) is 24.3 Å². The third-order valence-corrected chi connectivity index (χ3v) is 5.49. The van der Waals surface area contributed by atoms with Crippen molar-refractivity contribution < 1.29 is 9.53 Å². The molecule has 25 heavy (non-hydrogen) atoms. The van der Waals surface area contributed by atoms with Crippen molar-refractivity contribution in [3.63, 3.8) is 0 Å². The molecule has 1 atom stereocenters. The first kappa shape index (κ1) is 18.2. The van der Waals surface area contributed by atoms with Gasteiger partial charge in [0, 0.05) is 45.3 Å². The van der Waals surface area contributed by atoms with E-state index in [2.05, 4.69) is 33.8 Å². The SMILES string of the molecule is COc1cccc(CN2CCN(CC(=O)N3CCCCC3C)CC2)c1. The van der Waals surface area contributed by atoms with Gasteiger partial charge in [-0.2, -0.15) is 0 Å². The van der Waals surface area contributed by atoms with Crippen molar-refractivity contribution in [2.45, 2.75) is 38.8 Å². The van der Waals surface area contributed by atoms with Gasteiger partial charge in [0.2, 0.25) is 5.91 Å². The summed E-state index contributed by atoms with van der Waals surface area (Å²) in [6.07, 6.45) is 3.57. The molecule has 1 aromatic rings. The van der Waals surface area contributed by atoms with Gasteiger partial charge in [0.1, 0.15) is 5.75 Å². The Morgan fingerprint density at radius 1 is 1.12 bits per heavy atom. The number of rotatable bonds is 5. The number of methoxy groups -OCH3 is 1. The third-order valence-electron chi connectivity index (χ3n) is 5.49. The number of benzene rings is 1. The normalized spacial score (nSPS) is 22.8. The van der Waals surface area contributed by atoms with Gasteiger partial charge in [-0.05, 0) is 43.9 Å². The average Bonchev–Trinajstić information content (AvgIpc) is 2.64. The summed E-state index contributed by atoms with van der Waals surface area (Å²) in [5, 5.41) is 0. The lowest BCUT2D eigenvalue weighted by atomic mass is 10.0. The number of ether oxygens (including phenoxy) is 1. The first-order valence-electron chi connectivity index (χ1n) is 9.53. The van der Waals surface area contributed by atoms with Crippen LogP contribution in [-0.2, 0) is 11.3 Å². The molecule has 2 heterocycles. The molecule has 0 bridgehead atoms. The second-order valence-corrected chi connectivity index (χ2v) is 7.34. The van der Waals surface area contributed by atoms with Crippen LogP contribution < -0.4 is 4.74 Å². The molecular formula is C20H31N3O2. The van der Waals surface area contributed by atoms with Crippen molar-refractivity contribution in [3.8, 4) is 5.75 Å². The van der Waals surface area contributed by atoms with E-state index in [1.165, 1.54) is 12.0 Å². The average molecular weight is 345 g/mol. The molecule has 2 saturated heterocycles. The fourth-order valence-corrected chi connectivity index (χ4v) is 3.89. The van der Waals surface area contributed by atoms with Crippen molar-refractivity contribution in [1.82, 2.24) is 14.7 Å². The highest BCUT2D eigenvalue weighted by atomic mass is 16.5. The van der Waals surface area contributed by atoms with Crippen LogP contribution in [0.1, 0.15) is 31.7 Å². The molecule has 2 aliphatic rings. The van der Waals surface area contributed by atoms with Crippen molar-refractivity contribution in [3.05, 3.63) is 29.8 Å². The monoisotopic (exact) mass is 345 g/mol. The first-order valence-corrected chi connectivity index (χ1v) is 9.53. The maximum absolute atomic E-state index is 12.6. The summed E-state index contributed by atoms with van der Waals surface area (Å²) >= 11 is 0. The van der Waals surface area contributed by atoms with E-state index in [1.54, 1.807) is 7.11 Å². The van der Waals surface area contributed by atoms with Crippen molar-refractivity contribution in [2.75, 3.05) is 46.4 Å². The van der Waals surface area contributed by atoms with Crippen LogP contribution in [0.5, 0.6) is 5.75 Å². The summed E-state index contributed by atoms with van der Waals surface area (Å²) in [6, 6.07) is 8.69. The fourth-order valence-electron chi connectivity index (χ4n) is 3.89.